The SMILES string of the molecule is CC\C=C/C=C\C=C/C=C\C=C/CCCCCC(=O)OCC(COC(=O)CCCCCCC\C=C/C=C\C=C/CCCCCCC)OC(=O)CCC/C=C\C/C=C\C/C=C\C/C=C\CCCCC. The number of esters is 3. The molecule has 0 heterocycles. The number of rotatable bonds is 46. The van der Waals surface area contributed by atoms with Gasteiger partial charge in [-0.1, -0.05) is 231 Å². The molecule has 0 rings (SSSR count). The molecule has 0 aliphatic rings. The van der Waals surface area contributed by atoms with E-state index in [2.05, 4.69) is 118 Å². The number of hydrogen-bond acceptors (Lipinski definition) is 6. The largest absolute Gasteiger partial charge is 0.462 e. The number of carbonyl (C=O) groups is 3. The minimum Gasteiger partial charge on any atom is -0.462 e. The molecule has 1 atom stereocenters. The van der Waals surface area contributed by atoms with Crippen LogP contribution in [-0.4, -0.2) is 37.2 Å². The topological polar surface area (TPSA) is 78.9 Å². The van der Waals surface area contributed by atoms with Crippen molar-refractivity contribution in [2.45, 2.75) is 213 Å². The molecule has 0 aromatic carbocycles. The first-order valence-electron chi connectivity index (χ1n) is 26.9. The smallest absolute Gasteiger partial charge is 0.306 e. The molecule has 0 amide bonds. The zero-order valence-electron chi connectivity index (χ0n) is 43.3. The van der Waals surface area contributed by atoms with Crippen molar-refractivity contribution in [3.8, 4) is 0 Å². The van der Waals surface area contributed by atoms with Crippen LogP contribution in [0.3, 0.4) is 0 Å². The van der Waals surface area contributed by atoms with E-state index >= 15 is 0 Å². The van der Waals surface area contributed by atoms with Crippen LogP contribution in [-0.2, 0) is 28.6 Å². The van der Waals surface area contributed by atoms with Gasteiger partial charge in [-0.3, -0.25) is 14.4 Å². The average Bonchev–Trinajstić information content (AvgIpc) is 3.34. The van der Waals surface area contributed by atoms with Crippen molar-refractivity contribution in [3.63, 3.8) is 0 Å². The van der Waals surface area contributed by atoms with Crippen molar-refractivity contribution < 1.29 is 28.6 Å². The summed E-state index contributed by atoms with van der Waals surface area (Å²) in [6.45, 7) is 6.33. The number of carbonyl (C=O) groups excluding carboxylic acids is 3. The zero-order chi connectivity index (χ0) is 49.3. The number of ether oxygens (including phenoxy) is 3. The molecule has 6 heteroatoms. The molecule has 0 N–H and O–H groups in total. The van der Waals surface area contributed by atoms with Crippen molar-refractivity contribution in [1.82, 2.24) is 0 Å². The maximum absolute atomic E-state index is 12.8. The highest BCUT2D eigenvalue weighted by Gasteiger charge is 2.19. The van der Waals surface area contributed by atoms with Crippen LogP contribution >= 0.6 is 0 Å². The van der Waals surface area contributed by atoms with Crippen LogP contribution in [0, 0.1) is 0 Å². The first-order valence-corrected chi connectivity index (χ1v) is 26.9. The summed E-state index contributed by atoms with van der Waals surface area (Å²) in [7, 11) is 0. The monoisotopic (exact) mass is 937 g/mol. The van der Waals surface area contributed by atoms with Crippen LogP contribution in [0.5, 0.6) is 0 Å². The quantitative estimate of drug-likeness (QED) is 0.0199. The lowest BCUT2D eigenvalue weighted by atomic mass is 10.1. The van der Waals surface area contributed by atoms with Crippen LogP contribution in [0.4, 0.5) is 0 Å². The lowest BCUT2D eigenvalue weighted by Gasteiger charge is -2.18. The van der Waals surface area contributed by atoms with E-state index in [4.69, 9.17) is 14.2 Å². The molecule has 68 heavy (non-hydrogen) atoms. The molecule has 0 bridgehead atoms. The molecule has 6 nitrogen and oxygen atoms in total. The molecule has 0 aromatic heterocycles. The molecule has 0 aliphatic carbocycles. The van der Waals surface area contributed by atoms with Gasteiger partial charge in [0.25, 0.3) is 0 Å². The predicted octanol–water partition coefficient (Wildman–Crippen LogP) is 18.0. The number of allylic oxidation sites excluding steroid dienone is 24. The molecule has 0 fully saturated rings. The number of unbranched alkanes of at least 4 members (excludes halogenated alkanes) is 17. The van der Waals surface area contributed by atoms with Gasteiger partial charge in [0.05, 0.1) is 0 Å². The normalized spacial score (nSPS) is 13.3. The summed E-state index contributed by atoms with van der Waals surface area (Å²) < 4.78 is 16.7. The van der Waals surface area contributed by atoms with Crippen LogP contribution in [0.25, 0.3) is 0 Å². The first-order chi connectivity index (χ1) is 33.5. The second kappa shape index (κ2) is 54.9. The Hall–Kier alpha value is -4.71. The van der Waals surface area contributed by atoms with Crippen molar-refractivity contribution in [2.75, 3.05) is 13.2 Å². The van der Waals surface area contributed by atoms with E-state index in [0.29, 0.717) is 19.3 Å². The molecular formula is C62H96O6. The summed E-state index contributed by atoms with van der Waals surface area (Å²) in [5.41, 5.74) is 0. The fraction of sp³-hybridized carbons (Fsp3) is 0.565. The summed E-state index contributed by atoms with van der Waals surface area (Å²) in [5, 5.41) is 0. The Morgan fingerprint density at radius 2 is 0.647 bits per heavy atom. The highest BCUT2D eigenvalue weighted by atomic mass is 16.6. The van der Waals surface area contributed by atoms with Gasteiger partial charge >= 0.3 is 17.9 Å². The number of hydrogen-bond donors (Lipinski definition) is 0. The minimum atomic E-state index is -0.840. The molecule has 0 spiro atoms. The van der Waals surface area contributed by atoms with Gasteiger partial charge in [-0.25, -0.2) is 0 Å². The second-order valence-corrected chi connectivity index (χ2v) is 17.2. The van der Waals surface area contributed by atoms with E-state index in [1.54, 1.807) is 0 Å². The Morgan fingerprint density at radius 3 is 1.12 bits per heavy atom. The zero-order valence-corrected chi connectivity index (χ0v) is 43.3. The van der Waals surface area contributed by atoms with Crippen LogP contribution < -0.4 is 0 Å². The van der Waals surface area contributed by atoms with Gasteiger partial charge < -0.3 is 14.2 Å². The highest BCUT2D eigenvalue weighted by molar-refractivity contribution is 5.71. The Labute approximate surface area is 417 Å². The maximum atomic E-state index is 12.8. The van der Waals surface area contributed by atoms with Crippen molar-refractivity contribution in [2.24, 2.45) is 0 Å². The van der Waals surface area contributed by atoms with Gasteiger partial charge in [0.1, 0.15) is 13.2 Å². The van der Waals surface area contributed by atoms with Crippen molar-refractivity contribution in [1.29, 1.82) is 0 Å². The Bertz CT molecular complexity index is 1540. The molecule has 0 saturated carbocycles. The van der Waals surface area contributed by atoms with Crippen molar-refractivity contribution in [3.05, 3.63) is 146 Å². The molecule has 0 saturated heterocycles. The minimum absolute atomic E-state index is 0.131. The van der Waals surface area contributed by atoms with Gasteiger partial charge in [0.2, 0.25) is 0 Å². The van der Waals surface area contributed by atoms with Crippen LogP contribution in [0.1, 0.15) is 207 Å². The van der Waals surface area contributed by atoms with Crippen LogP contribution in [0.2, 0.25) is 0 Å². The summed E-state index contributed by atoms with van der Waals surface area (Å²) in [6, 6.07) is 0. The Morgan fingerprint density at radius 1 is 0.324 bits per heavy atom. The molecule has 0 aromatic rings. The molecular weight excluding hydrogens is 841 g/mol. The predicted molar refractivity (Wildman–Crippen MR) is 292 cm³/mol. The van der Waals surface area contributed by atoms with Crippen molar-refractivity contribution >= 4 is 17.9 Å². The standard InChI is InChI=1S/C62H96O6/c1-4-7-10-13-16-19-22-25-28-30-32-34-37-40-43-46-49-52-55-61(64)67-58-59(57-66-60(63)54-51-48-45-42-39-36-33-27-24-21-18-15-12-9-6-3)68-62(65)56-53-50-47-44-41-38-35-31-29-26-23-20-17-14-11-8-5-2/h9,12,15,17-18,20-22,24-30,32-36,38-39,44,47,59H,4-8,10-11,13-14,16,19,23,31,37,40-43,45-46,48-58H2,1-3H3/b12-9-,18-15-,20-17-,24-21-,25-22-,29-26-,30-28-,33-27-,34-32-,38-35-,39-36-,47-44-. The third-order valence-electron chi connectivity index (χ3n) is 10.7. The summed E-state index contributed by atoms with van der Waals surface area (Å²) in [4.78, 5) is 38.0. The van der Waals surface area contributed by atoms with E-state index in [1.165, 1.54) is 57.8 Å². The lowest BCUT2D eigenvalue weighted by Crippen LogP contribution is -2.30. The Kier molecular flexibility index (Phi) is 51.1. The molecule has 0 aliphatic heterocycles. The van der Waals surface area contributed by atoms with E-state index in [9.17, 15) is 14.4 Å². The fourth-order valence-electron chi connectivity index (χ4n) is 6.69. The summed E-state index contributed by atoms with van der Waals surface area (Å²) >= 11 is 0. The van der Waals surface area contributed by atoms with Gasteiger partial charge in [-0.15, -0.1) is 0 Å². The van der Waals surface area contributed by atoms with Gasteiger partial charge in [0, 0.05) is 19.3 Å². The molecule has 0 radical (unpaired) electrons. The lowest BCUT2D eigenvalue weighted by molar-refractivity contribution is -0.167. The Balaban J connectivity index is 4.62. The average molecular weight is 937 g/mol. The van der Waals surface area contributed by atoms with Gasteiger partial charge in [-0.05, 0) is 103 Å². The molecule has 380 valence electrons. The van der Waals surface area contributed by atoms with E-state index in [-0.39, 0.29) is 44.0 Å². The maximum Gasteiger partial charge on any atom is 0.306 e. The van der Waals surface area contributed by atoms with E-state index in [1.807, 2.05) is 48.6 Å². The van der Waals surface area contributed by atoms with Crippen LogP contribution in [0.15, 0.2) is 146 Å². The van der Waals surface area contributed by atoms with Gasteiger partial charge in [0.15, 0.2) is 6.10 Å². The second-order valence-electron chi connectivity index (χ2n) is 17.2. The summed E-state index contributed by atoms with van der Waals surface area (Å²) in [5.74, 6) is -1.06. The third-order valence-corrected chi connectivity index (χ3v) is 10.7. The van der Waals surface area contributed by atoms with Gasteiger partial charge in [-0.2, -0.15) is 0 Å². The highest BCUT2D eigenvalue weighted by Crippen LogP contribution is 2.11. The fourth-order valence-corrected chi connectivity index (χ4v) is 6.69. The first kappa shape index (κ1) is 63.3. The summed E-state index contributed by atoms with van der Waals surface area (Å²) in [6.07, 6.45) is 78.3. The van der Waals surface area contributed by atoms with E-state index < -0.39 is 6.10 Å². The molecule has 1 unspecified atom stereocenters. The third kappa shape index (κ3) is 52.3. The van der Waals surface area contributed by atoms with E-state index in [0.717, 1.165) is 96.3 Å².